The summed E-state index contributed by atoms with van der Waals surface area (Å²) in [6.07, 6.45) is -2.72. The Kier molecular flexibility index (Phi) is 8.07. The molecule has 1 saturated heterocycles. The van der Waals surface area contributed by atoms with Gasteiger partial charge in [0.05, 0.1) is 28.7 Å². The Bertz CT molecular complexity index is 1360. The molecule has 1 aromatic carbocycles. The second-order valence-electron chi connectivity index (χ2n) is 11.9. The molecule has 4 rings (SSSR count). The summed E-state index contributed by atoms with van der Waals surface area (Å²) in [5.41, 5.74) is 3.53. The molecular weight excluding hydrogens is 533 g/mol. The third-order valence-electron chi connectivity index (χ3n) is 7.79. The highest BCUT2D eigenvalue weighted by molar-refractivity contribution is 7.13. The van der Waals surface area contributed by atoms with E-state index in [9.17, 15) is 19.5 Å². The second-order valence-corrected chi connectivity index (χ2v) is 12.8. The zero-order valence-corrected chi connectivity index (χ0v) is 24.4. The molecule has 2 aromatic rings. The first-order valence-corrected chi connectivity index (χ1v) is 14.2. The summed E-state index contributed by atoms with van der Waals surface area (Å²) in [5, 5.41) is 15.8. The number of rotatable bonds is 7. The number of halogens is 1. The summed E-state index contributed by atoms with van der Waals surface area (Å²) in [6.45, 7) is 17.8. The third-order valence-corrected chi connectivity index (χ3v) is 8.77. The molecule has 2 aliphatic rings. The number of hydrogen-bond donors (Lipinski definition) is 3. The van der Waals surface area contributed by atoms with E-state index in [0.29, 0.717) is 12.8 Å². The van der Waals surface area contributed by atoms with Gasteiger partial charge in [0.25, 0.3) is 0 Å². The van der Waals surface area contributed by atoms with Crippen LogP contribution in [0.2, 0.25) is 0 Å². The van der Waals surface area contributed by atoms with Crippen LogP contribution in [0.4, 0.5) is 4.39 Å². The molecule has 1 aliphatic heterocycles. The Hall–Kier alpha value is -3.36. The van der Waals surface area contributed by atoms with Gasteiger partial charge >= 0.3 is 11.4 Å². The molecule has 1 unspecified atom stereocenters. The van der Waals surface area contributed by atoms with Crippen LogP contribution in [0, 0.1) is 25.8 Å². The number of hydrogen-bond acceptors (Lipinski definition) is 6. The largest absolute Gasteiger partial charge is 0.388 e. The maximum Gasteiger partial charge on any atom is 0.309 e. The predicted octanol–water partition coefficient (Wildman–Crippen LogP) is 3.50. The number of carbonyl (C=O) groups is 3. The summed E-state index contributed by atoms with van der Waals surface area (Å²) in [4.78, 5) is 49.8. The lowest BCUT2D eigenvalue weighted by Gasteiger charge is -2.35. The molecule has 9 nitrogen and oxygen atoms in total. The van der Waals surface area contributed by atoms with Gasteiger partial charge in [-0.1, -0.05) is 39.0 Å². The monoisotopic (exact) mass is 569 g/mol. The smallest absolute Gasteiger partial charge is 0.309 e. The van der Waals surface area contributed by atoms with Crippen molar-refractivity contribution in [2.75, 3.05) is 6.54 Å². The van der Waals surface area contributed by atoms with E-state index in [1.165, 1.54) is 0 Å². The molecule has 214 valence electrons. The van der Waals surface area contributed by atoms with Crippen LogP contribution in [0.3, 0.4) is 0 Å². The maximum absolute atomic E-state index is 15.3. The summed E-state index contributed by atoms with van der Waals surface area (Å²) in [6, 6.07) is 2.68. The highest BCUT2D eigenvalue weighted by Gasteiger charge is 2.60. The van der Waals surface area contributed by atoms with Gasteiger partial charge in [-0.15, -0.1) is 11.3 Å². The molecule has 2 fully saturated rings. The number of likely N-dealkylation sites (tertiary alicyclic amines) is 1. The highest BCUT2D eigenvalue weighted by atomic mass is 32.1. The minimum atomic E-state index is -2.00. The van der Waals surface area contributed by atoms with E-state index in [4.69, 9.17) is 6.57 Å². The Labute approximate surface area is 238 Å². The van der Waals surface area contributed by atoms with Crippen LogP contribution in [0.15, 0.2) is 23.7 Å². The molecule has 5 atom stereocenters. The van der Waals surface area contributed by atoms with E-state index in [2.05, 4.69) is 20.5 Å². The lowest BCUT2D eigenvalue weighted by atomic mass is 9.85. The fourth-order valence-corrected chi connectivity index (χ4v) is 5.96. The van der Waals surface area contributed by atoms with Crippen molar-refractivity contribution >= 4 is 29.1 Å². The number of aliphatic hydroxyl groups is 1. The van der Waals surface area contributed by atoms with Crippen molar-refractivity contribution in [1.82, 2.24) is 20.5 Å². The lowest BCUT2D eigenvalue weighted by Crippen LogP contribution is -2.60. The van der Waals surface area contributed by atoms with Crippen molar-refractivity contribution in [2.45, 2.75) is 90.3 Å². The quantitative estimate of drug-likeness (QED) is 0.442. The number of benzene rings is 1. The van der Waals surface area contributed by atoms with Crippen LogP contribution in [0.25, 0.3) is 15.3 Å². The van der Waals surface area contributed by atoms with Gasteiger partial charge in [-0.25, -0.2) is 15.9 Å². The van der Waals surface area contributed by atoms with Crippen molar-refractivity contribution in [2.24, 2.45) is 5.41 Å². The van der Waals surface area contributed by atoms with Crippen molar-refractivity contribution in [3.8, 4) is 10.4 Å². The van der Waals surface area contributed by atoms with Gasteiger partial charge in [0.15, 0.2) is 6.17 Å². The van der Waals surface area contributed by atoms with Crippen LogP contribution in [0.5, 0.6) is 0 Å². The van der Waals surface area contributed by atoms with Crippen LogP contribution in [-0.2, 0) is 14.4 Å². The molecule has 0 bridgehead atoms. The fraction of sp³-hybridized carbons (Fsp3) is 0.552. The number of alkyl halides is 1. The van der Waals surface area contributed by atoms with Crippen LogP contribution in [0.1, 0.15) is 63.4 Å². The van der Waals surface area contributed by atoms with Gasteiger partial charge in [0.2, 0.25) is 11.8 Å². The summed E-state index contributed by atoms with van der Waals surface area (Å²) < 4.78 is 15.3. The van der Waals surface area contributed by atoms with Gasteiger partial charge in [0.1, 0.15) is 18.2 Å². The summed E-state index contributed by atoms with van der Waals surface area (Å²) in [7, 11) is 0. The molecule has 1 aromatic heterocycles. The van der Waals surface area contributed by atoms with Gasteiger partial charge in [-0.05, 0) is 42.9 Å². The van der Waals surface area contributed by atoms with Crippen molar-refractivity contribution in [3.05, 3.63) is 51.9 Å². The first-order valence-electron chi connectivity index (χ1n) is 13.3. The average Bonchev–Trinajstić information content (AvgIpc) is 3.48. The van der Waals surface area contributed by atoms with E-state index in [-0.39, 0.29) is 6.54 Å². The lowest BCUT2D eigenvalue weighted by molar-refractivity contribution is -0.145. The molecule has 40 heavy (non-hydrogen) atoms. The Morgan fingerprint density at radius 1 is 1.25 bits per heavy atom. The standard InChI is InChI=1S/C29H36FN5O4S/c1-15-12-18(23-17(3)32-14-40-23)8-9-19(15)16(2)33-25(37)22-21(30)20(36)13-35(22)26(38)24(28(4,5)6)34-27(39)29(31-7)10-11-29/h8-9,12,14,16,20-22,24,36H,10-11,13H2,1-6H3,(H,33,37)(H,34,39)/t16-,20-,21-,22?,24+/m0/s1. The number of nitrogens with zero attached hydrogens (tertiary/aromatic N) is 3. The molecule has 1 aliphatic carbocycles. The predicted molar refractivity (Wildman–Crippen MR) is 150 cm³/mol. The van der Waals surface area contributed by atoms with Crippen molar-refractivity contribution in [1.29, 1.82) is 0 Å². The molecule has 11 heteroatoms. The minimum Gasteiger partial charge on any atom is -0.388 e. The first kappa shape index (κ1) is 29.6. The SMILES string of the molecule is [C-]#[N+]C1(C(=O)N[C@H](C(=O)N2C[C@H](O)[C@H](F)C2C(=O)N[C@@H](C)c2ccc(-c3scnc3C)cc2C)C(C)(C)C)CC1. The number of aliphatic hydroxyl groups excluding tert-OH is 1. The zero-order valence-electron chi connectivity index (χ0n) is 23.6. The topological polar surface area (TPSA) is 116 Å². The Morgan fingerprint density at radius 2 is 1.93 bits per heavy atom. The third kappa shape index (κ3) is 5.60. The van der Waals surface area contributed by atoms with E-state index in [1.54, 1.807) is 44.5 Å². The van der Waals surface area contributed by atoms with Crippen molar-refractivity contribution < 1.29 is 23.9 Å². The van der Waals surface area contributed by atoms with E-state index < -0.39 is 59.1 Å². The van der Waals surface area contributed by atoms with E-state index in [0.717, 1.165) is 32.2 Å². The summed E-state index contributed by atoms with van der Waals surface area (Å²) >= 11 is 1.55. The Balaban J connectivity index is 1.53. The number of nitrogens with one attached hydrogen (secondary N) is 2. The number of β-amino-alcohol motifs (C(OH)–C–C–N with tert-alkyl or cyclic N) is 1. The number of aromatic nitrogens is 1. The maximum atomic E-state index is 15.3. The number of carbonyl (C=O) groups excluding carboxylic acids is 3. The van der Waals surface area contributed by atoms with Gasteiger partial charge in [0, 0.05) is 12.8 Å². The molecule has 0 radical (unpaired) electrons. The molecule has 3 N–H and O–H groups in total. The summed E-state index contributed by atoms with van der Waals surface area (Å²) in [5.74, 6) is -1.95. The van der Waals surface area contributed by atoms with Gasteiger partial charge < -0.3 is 20.6 Å². The Morgan fingerprint density at radius 3 is 2.45 bits per heavy atom. The van der Waals surface area contributed by atoms with Crippen LogP contribution < -0.4 is 10.6 Å². The van der Waals surface area contributed by atoms with Gasteiger partial charge in [-0.2, -0.15) is 0 Å². The normalized spacial score (nSPS) is 23.2. The average molecular weight is 570 g/mol. The molecule has 2 heterocycles. The van der Waals surface area contributed by atoms with Crippen LogP contribution in [-0.4, -0.2) is 69.2 Å². The minimum absolute atomic E-state index is 0.384. The van der Waals surface area contributed by atoms with E-state index in [1.807, 2.05) is 32.0 Å². The van der Waals surface area contributed by atoms with E-state index >= 15 is 4.39 Å². The van der Waals surface area contributed by atoms with Crippen molar-refractivity contribution in [3.63, 3.8) is 0 Å². The van der Waals surface area contributed by atoms with Crippen LogP contribution >= 0.6 is 11.3 Å². The number of thiazole rings is 1. The first-order chi connectivity index (χ1) is 18.7. The fourth-order valence-electron chi connectivity index (χ4n) is 5.16. The zero-order chi connectivity index (χ0) is 29.6. The second kappa shape index (κ2) is 10.9. The number of aryl methyl sites for hydroxylation is 2. The highest BCUT2D eigenvalue weighted by Crippen LogP contribution is 2.40. The number of amides is 3. The molecule has 0 spiro atoms. The van der Waals surface area contributed by atoms with Gasteiger partial charge in [-0.3, -0.25) is 19.2 Å². The molecule has 1 saturated carbocycles. The molecular formula is C29H36FN5O4S. The molecule has 3 amide bonds.